The number of rotatable bonds is 14. The average Bonchev–Trinajstić information content (AvgIpc) is 1.54. The molecule has 8 nitrogen and oxygen atoms in total. The van der Waals surface area contributed by atoms with Crippen LogP contribution in [-0.4, -0.2) is 37.4 Å². The molecule has 1 aliphatic carbocycles. The van der Waals surface area contributed by atoms with E-state index in [4.69, 9.17) is 9.97 Å². The zero-order valence-electron chi connectivity index (χ0n) is 76.9. The van der Waals surface area contributed by atoms with Gasteiger partial charge in [-0.1, -0.05) is 291 Å². The first kappa shape index (κ1) is 79.2. The van der Waals surface area contributed by atoms with Crippen LogP contribution >= 0.6 is 0 Å². The molecule has 7 heterocycles. The SMILES string of the molecule is c1ccc(-c2ccc(-c3ccccc3)c(-c3nc(-c4ccc(-n5c6ccc(-c7ccc8c(c7)c7ccccc7n8-c7ccccc7)cc6c6cc(-c7ccc8c(c7)c7ccccc7n8-c7ccccc7)ccc65)cc4)nc4c3-c3ccc(-n5c6ccc(-c7ccc8c(c7)c7ccccc7n8-c7ccccc7)cc6c6cc(-c7ccc8c(c7)c7ccccc7n8-c7ccccc7)ccc65)c5cccc-4c35)c2)cc1. The zero-order valence-corrected chi connectivity index (χ0v) is 76.9. The van der Waals surface area contributed by atoms with Crippen molar-refractivity contribution in [2.24, 2.45) is 0 Å². The van der Waals surface area contributed by atoms with Gasteiger partial charge in [0, 0.05) is 126 Å². The van der Waals surface area contributed by atoms with Crippen LogP contribution in [0.3, 0.4) is 0 Å². The summed E-state index contributed by atoms with van der Waals surface area (Å²) in [6.07, 6.45) is 0. The lowest BCUT2D eigenvalue weighted by Crippen LogP contribution is -2.00. The van der Waals surface area contributed by atoms with Crippen molar-refractivity contribution >= 4 is 142 Å². The highest BCUT2D eigenvalue weighted by molar-refractivity contribution is 6.23. The molecule has 658 valence electrons. The fourth-order valence-corrected chi connectivity index (χ4v) is 23.7. The first-order chi connectivity index (χ1) is 70.4. The summed E-state index contributed by atoms with van der Waals surface area (Å²) in [5.41, 5.74) is 40.9. The van der Waals surface area contributed by atoms with Gasteiger partial charge >= 0.3 is 0 Å². The number of hydrogen-bond acceptors (Lipinski definition) is 2. The maximum atomic E-state index is 6.04. The van der Waals surface area contributed by atoms with Crippen molar-refractivity contribution in [1.82, 2.24) is 37.4 Å². The first-order valence-electron chi connectivity index (χ1n) is 48.8. The van der Waals surface area contributed by atoms with Gasteiger partial charge in [-0.3, -0.25) is 0 Å². The van der Waals surface area contributed by atoms with E-state index in [0.29, 0.717) is 5.82 Å². The first-order valence-corrected chi connectivity index (χ1v) is 48.8. The van der Waals surface area contributed by atoms with Crippen LogP contribution in [0.15, 0.2) is 497 Å². The van der Waals surface area contributed by atoms with Gasteiger partial charge in [-0.2, -0.15) is 0 Å². The fraction of sp³-hybridized carbons (Fsp3) is 0. The topological polar surface area (TPSA) is 55.4 Å². The number of benzene rings is 22. The van der Waals surface area contributed by atoms with E-state index in [2.05, 4.69) is 525 Å². The second kappa shape index (κ2) is 31.3. The molecule has 29 aromatic rings. The van der Waals surface area contributed by atoms with Crippen molar-refractivity contribution in [1.29, 1.82) is 0 Å². The van der Waals surface area contributed by atoms with Gasteiger partial charge in [-0.15, -0.1) is 0 Å². The molecule has 0 saturated heterocycles. The van der Waals surface area contributed by atoms with Crippen LogP contribution in [0.5, 0.6) is 0 Å². The Kier molecular flexibility index (Phi) is 17.4. The Morgan fingerprint density at radius 1 is 0.134 bits per heavy atom. The van der Waals surface area contributed by atoms with Crippen LogP contribution < -0.4 is 0 Å². The summed E-state index contributed by atoms with van der Waals surface area (Å²) in [7, 11) is 0. The van der Waals surface area contributed by atoms with Gasteiger partial charge in [-0.25, -0.2) is 9.97 Å². The Morgan fingerprint density at radius 3 is 0.739 bits per heavy atom. The van der Waals surface area contributed by atoms with Crippen molar-refractivity contribution in [2.75, 3.05) is 0 Å². The maximum Gasteiger partial charge on any atom is 0.160 e. The van der Waals surface area contributed by atoms with Crippen LogP contribution in [0.25, 0.3) is 288 Å². The molecule has 8 heteroatoms. The molecule has 0 fully saturated rings. The van der Waals surface area contributed by atoms with Gasteiger partial charge in [0.05, 0.1) is 83.3 Å². The number of fused-ring (bicyclic) bond motifs is 21. The zero-order chi connectivity index (χ0) is 92.9. The van der Waals surface area contributed by atoms with Gasteiger partial charge in [0.15, 0.2) is 5.82 Å². The highest BCUT2D eigenvalue weighted by Gasteiger charge is 2.33. The van der Waals surface area contributed by atoms with E-state index < -0.39 is 0 Å². The molecule has 0 atom stereocenters. The van der Waals surface area contributed by atoms with E-state index >= 15 is 0 Å². The van der Waals surface area contributed by atoms with Crippen LogP contribution in [-0.2, 0) is 0 Å². The summed E-state index contributed by atoms with van der Waals surface area (Å²) >= 11 is 0. The maximum absolute atomic E-state index is 6.04. The van der Waals surface area contributed by atoms with Gasteiger partial charge in [0.1, 0.15) is 0 Å². The summed E-state index contributed by atoms with van der Waals surface area (Å²) in [5, 5.41) is 16.6. The van der Waals surface area contributed by atoms with Crippen molar-refractivity contribution < 1.29 is 0 Å². The van der Waals surface area contributed by atoms with E-state index in [0.717, 1.165) is 194 Å². The average molecular weight is 1800 g/mol. The van der Waals surface area contributed by atoms with Crippen molar-refractivity contribution in [3.63, 3.8) is 0 Å². The summed E-state index contributed by atoms with van der Waals surface area (Å²) < 4.78 is 14.6. The van der Waals surface area contributed by atoms with Crippen molar-refractivity contribution in [3.8, 4) is 146 Å². The second-order valence-electron chi connectivity index (χ2n) is 37.8. The van der Waals surface area contributed by atoms with E-state index in [1.807, 2.05) is 0 Å². The van der Waals surface area contributed by atoms with Gasteiger partial charge in [-0.05, 0) is 279 Å². The monoisotopic (exact) mass is 1800 g/mol. The highest BCUT2D eigenvalue weighted by atomic mass is 15.0. The smallest absolute Gasteiger partial charge is 0.160 e. The quantitative estimate of drug-likeness (QED) is 0.109. The normalized spacial score (nSPS) is 12.1. The molecular formula is C134H82N8. The van der Waals surface area contributed by atoms with E-state index in [1.165, 1.54) is 87.2 Å². The van der Waals surface area contributed by atoms with Crippen molar-refractivity contribution in [2.45, 2.75) is 0 Å². The summed E-state index contributed by atoms with van der Waals surface area (Å²) in [5.74, 6) is 0.634. The minimum Gasteiger partial charge on any atom is -0.309 e. The molecule has 1 aliphatic rings. The van der Waals surface area contributed by atoms with E-state index in [1.54, 1.807) is 0 Å². The minimum atomic E-state index is 0.634. The lowest BCUT2D eigenvalue weighted by Gasteiger charge is -2.17. The summed E-state index contributed by atoms with van der Waals surface area (Å²) in [6.45, 7) is 0. The molecule has 7 aromatic heterocycles. The lowest BCUT2D eigenvalue weighted by atomic mass is 9.90. The van der Waals surface area contributed by atoms with Gasteiger partial charge in [0.25, 0.3) is 0 Å². The van der Waals surface area contributed by atoms with E-state index in [-0.39, 0.29) is 0 Å². The van der Waals surface area contributed by atoms with Crippen molar-refractivity contribution in [3.05, 3.63) is 497 Å². The minimum absolute atomic E-state index is 0.634. The molecule has 0 radical (unpaired) electrons. The third-order valence-corrected chi connectivity index (χ3v) is 30.2. The van der Waals surface area contributed by atoms with E-state index in [9.17, 15) is 0 Å². The summed E-state index contributed by atoms with van der Waals surface area (Å²) in [6, 6.07) is 184. The molecule has 0 N–H and O–H groups in total. The summed E-state index contributed by atoms with van der Waals surface area (Å²) in [4.78, 5) is 12.0. The lowest BCUT2D eigenvalue weighted by molar-refractivity contribution is 1.17. The number of nitrogens with zero attached hydrogens (tertiary/aromatic N) is 8. The number of aromatic nitrogens is 8. The number of hydrogen-bond donors (Lipinski definition) is 0. The standard InChI is InChI=1S/C134H82N8/c1-7-28-83(29-8-1)86-52-63-100(84-30-9-2-10-31-84)116(82-86)133-131-106-64-73-121(142-128-71-59-93(89-55-67-124-110(76-89)103-42-21-25-48-119(103)139(124)97-36-15-5-16-37-97)80-114(128)115-81-94(60-72-129(115)142)90-56-68-125-111(77-90)104-43-22-26-49-120(104)140(125)98-38-17-6-18-39-98)105-44-27-45-107(130(105)106)132(131)135-134(136-133)85-50-61-99(62-51-85)141-126-69-57-91(87-53-65-122-108(74-87)101-40-19-23-46-117(101)137(122)95-32-11-3-12-33-95)78-112(126)113-79-92(58-70-127(113)141)88-54-66-123-109(75-88)102-41-20-24-47-118(102)138(123)96-34-13-4-14-35-96/h1-82H. The van der Waals surface area contributed by atoms with Crippen LogP contribution in [0.1, 0.15) is 0 Å². The second-order valence-corrected chi connectivity index (χ2v) is 37.8. The van der Waals surface area contributed by atoms with Crippen LogP contribution in [0.4, 0.5) is 0 Å². The Bertz CT molecular complexity index is 9900. The molecule has 22 aromatic carbocycles. The van der Waals surface area contributed by atoms with Gasteiger partial charge < -0.3 is 27.4 Å². The third-order valence-electron chi connectivity index (χ3n) is 30.2. The Balaban J connectivity index is 0.594. The molecular weight excluding hydrogens is 1720 g/mol. The molecule has 0 bridgehead atoms. The molecule has 0 unspecified atom stereocenters. The van der Waals surface area contributed by atoms with Crippen LogP contribution in [0.2, 0.25) is 0 Å². The Labute approximate surface area is 816 Å². The Morgan fingerprint density at radius 2 is 0.387 bits per heavy atom. The van der Waals surface area contributed by atoms with Gasteiger partial charge in [0.2, 0.25) is 0 Å². The predicted octanol–water partition coefficient (Wildman–Crippen LogP) is 35.2. The molecule has 0 amide bonds. The highest BCUT2D eigenvalue weighted by Crippen LogP contribution is 2.55. The largest absolute Gasteiger partial charge is 0.309 e. The fourth-order valence-electron chi connectivity index (χ4n) is 23.7. The molecule has 30 rings (SSSR count). The molecule has 0 spiro atoms. The third kappa shape index (κ3) is 12.1. The predicted molar refractivity (Wildman–Crippen MR) is 593 cm³/mol. The number of para-hydroxylation sites is 8. The molecule has 0 aliphatic heterocycles. The molecule has 142 heavy (non-hydrogen) atoms. The Hall–Kier alpha value is -19.0. The molecule has 0 saturated carbocycles. The van der Waals surface area contributed by atoms with Crippen LogP contribution in [0, 0.1) is 0 Å².